The molecule has 0 unspecified atom stereocenters. The maximum Gasteiger partial charge on any atom is 0.195 e. The molecule has 0 saturated carbocycles. The van der Waals surface area contributed by atoms with E-state index in [4.69, 9.17) is 4.74 Å². The van der Waals surface area contributed by atoms with Gasteiger partial charge >= 0.3 is 0 Å². The van der Waals surface area contributed by atoms with E-state index in [-0.39, 0.29) is 0 Å². The van der Waals surface area contributed by atoms with Gasteiger partial charge in [0.2, 0.25) is 0 Å². The van der Waals surface area contributed by atoms with Crippen LogP contribution in [-0.4, -0.2) is 27.1 Å². The highest BCUT2D eigenvalue weighted by atomic mass is 32.2. The number of thioether (sulfide) groups is 1. The van der Waals surface area contributed by atoms with Crippen molar-refractivity contribution in [2.45, 2.75) is 32.3 Å². The largest absolute Gasteiger partial charge is 0.493 e. The maximum absolute atomic E-state index is 5.89. The van der Waals surface area contributed by atoms with Crippen LogP contribution < -0.4 is 4.74 Å². The highest BCUT2D eigenvalue weighted by Gasteiger charge is 2.15. The molecule has 0 amide bonds. The number of ether oxygens (including phenoxy) is 1. The van der Waals surface area contributed by atoms with Crippen molar-refractivity contribution in [3.63, 3.8) is 0 Å². The van der Waals surface area contributed by atoms with Crippen LogP contribution in [0.5, 0.6) is 5.75 Å². The number of rotatable bonds is 8. The fraction of sp³-hybridized carbons (Fsp3) is 0.231. The Morgan fingerprint density at radius 2 is 1.61 bits per heavy atom. The first-order chi connectivity index (χ1) is 15.1. The van der Waals surface area contributed by atoms with Crippen LogP contribution in [0.25, 0.3) is 5.69 Å². The second kappa shape index (κ2) is 9.84. The van der Waals surface area contributed by atoms with E-state index in [1.54, 1.807) is 11.8 Å². The number of hydrogen-bond acceptors (Lipinski definition) is 4. The third-order valence-corrected chi connectivity index (χ3v) is 6.15. The van der Waals surface area contributed by atoms with Crippen LogP contribution in [-0.2, 0) is 6.42 Å². The Morgan fingerprint density at radius 3 is 2.35 bits per heavy atom. The van der Waals surface area contributed by atoms with E-state index in [0.717, 1.165) is 34.6 Å². The zero-order chi connectivity index (χ0) is 21.6. The molecular formula is C26H27N3OS. The first-order valence-corrected chi connectivity index (χ1v) is 11.5. The van der Waals surface area contributed by atoms with E-state index < -0.39 is 0 Å². The lowest BCUT2D eigenvalue weighted by Crippen LogP contribution is -2.06. The van der Waals surface area contributed by atoms with E-state index in [1.807, 2.05) is 18.2 Å². The minimum Gasteiger partial charge on any atom is -0.493 e. The average Bonchev–Trinajstić information content (AvgIpc) is 3.17. The van der Waals surface area contributed by atoms with Crippen LogP contribution in [0.1, 0.15) is 28.1 Å². The lowest BCUT2D eigenvalue weighted by Gasteiger charge is -2.12. The summed E-state index contributed by atoms with van der Waals surface area (Å²) in [5.74, 6) is 2.63. The Kier molecular flexibility index (Phi) is 6.73. The molecule has 0 spiro atoms. The highest BCUT2D eigenvalue weighted by Crippen LogP contribution is 2.25. The quantitative estimate of drug-likeness (QED) is 0.256. The third-order valence-electron chi connectivity index (χ3n) is 5.26. The van der Waals surface area contributed by atoms with Gasteiger partial charge in [-0.25, -0.2) is 0 Å². The summed E-state index contributed by atoms with van der Waals surface area (Å²) in [6.45, 7) is 6.96. The Balaban J connectivity index is 1.53. The lowest BCUT2D eigenvalue weighted by molar-refractivity contribution is 0.344. The van der Waals surface area contributed by atoms with Gasteiger partial charge in [0.05, 0.1) is 6.61 Å². The molecule has 1 aromatic heterocycles. The zero-order valence-corrected chi connectivity index (χ0v) is 19.0. The van der Waals surface area contributed by atoms with Crippen LogP contribution in [0.15, 0.2) is 78.0 Å². The van der Waals surface area contributed by atoms with Crippen LogP contribution in [0, 0.1) is 20.8 Å². The first-order valence-electron chi connectivity index (χ1n) is 10.5. The van der Waals surface area contributed by atoms with Gasteiger partial charge in [-0.15, -0.1) is 10.2 Å². The van der Waals surface area contributed by atoms with Gasteiger partial charge in [-0.1, -0.05) is 65.9 Å². The molecule has 4 nitrogen and oxygen atoms in total. The van der Waals surface area contributed by atoms with Gasteiger partial charge in [-0.3, -0.25) is 4.57 Å². The molecule has 0 fully saturated rings. The predicted octanol–water partition coefficient (Wildman–Crippen LogP) is 5.95. The standard InChI is InChI=1S/C26H27N3OS/c1-19-9-13-24(14-10-19)30-15-16-31-26-28-27-25(18-22-7-5-4-6-8-22)29(26)23-12-11-20(2)21(3)17-23/h4-14,17H,15-16,18H2,1-3H3. The molecule has 0 aliphatic carbocycles. The van der Waals surface area contributed by atoms with Gasteiger partial charge in [0.25, 0.3) is 0 Å². The monoisotopic (exact) mass is 429 g/mol. The van der Waals surface area contributed by atoms with Crippen molar-refractivity contribution in [3.8, 4) is 11.4 Å². The Labute approximate surface area is 188 Å². The minimum absolute atomic E-state index is 0.613. The van der Waals surface area contributed by atoms with Crippen molar-refractivity contribution in [1.82, 2.24) is 14.8 Å². The van der Waals surface area contributed by atoms with Crippen molar-refractivity contribution >= 4 is 11.8 Å². The molecule has 0 aliphatic rings. The highest BCUT2D eigenvalue weighted by molar-refractivity contribution is 7.99. The van der Waals surface area contributed by atoms with Crippen LogP contribution >= 0.6 is 11.8 Å². The average molecular weight is 430 g/mol. The topological polar surface area (TPSA) is 39.9 Å². The number of aromatic nitrogens is 3. The Hall–Kier alpha value is -3.05. The Morgan fingerprint density at radius 1 is 0.839 bits per heavy atom. The summed E-state index contributed by atoms with van der Waals surface area (Å²) in [7, 11) is 0. The fourth-order valence-corrected chi connectivity index (χ4v) is 4.13. The zero-order valence-electron chi connectivity index (χ0n) is 18.2. The second-order valence-corrected chi connectivity index (χ2v) is 8.74. The van der Waals surface area contributed by atoms with Crippen molar-refractivity contribution < 1.29 is 4.74 Å². The molecule has 0 atom stereocenters. The third kappa shape index (κ3) is 5.36. The van der Waals surface area contributed by atoms with Gasteiger partial charge in [-0.2, -0.15) is 0 Å². The fourth-order valence-electron chi connectivity index (χ4n) is 3.34. The van der Waals surface area contributed by atoms with Crippen LogP contribution in [0.3, 0.4) is 0 Å². The number of benzene rings is 3. The van der Waals surface area contributed by atoms with Crippen molar-refractivity contribution in [3.05, 3.63) is 101 Å². The van der Waals surface area contributed by atoms with E-state index in [0.29, 0.717) is 6.61 Å². The smallest absolute Gasteiger partial charge is 0.195 e. The van der Waals surface area contributed by atoms with Gasteiger partial charge in [0.1, 0.15) is 11.6 Å². The molecular weight excluding hydrogens is 402 g/mol. The molecule has 1 heterocycles. The van der Waals surface area contributed by atoms with Crippen molar-refractivity contribution in [1.29, 1.82) is 0 Å². The molecule has 0 N–H and O–H groups in total. The predicted molar refractivity (Wildman–Crippen MR) is 127 cm³/mol. The summed E-state index contributed by atoms with van der Waals surface area (Å²) in [6, 6.07) is 25.1. The molecule has 158 valence electrons. The molecule has 4 aromatic rings. The molecule has 0 saturated heterocycles. The summed E-state index contributed by atoms with van der Waals surface area (Å²) in [5.41, 5.74) is 6.09. The summed E-state index contributed by atoms with van der Waals surface area (Å²) in [6.07, 6.45) is 0.737. The van der Waals surface area contributed by atoms with Gasteiger partial charge in [0, 0.05) is 17.9 Å². The summed E-state index contributed by atoms with van der Waals surface area (Å²) < 4.78 is 8.06. The van der Waals surface area contributed by atoms with Crippen LogP contribution in [0.4, 0.5) is 0 Å². The molecule has 3 aromatic carbocycles. The summed E-state index contributed by atoms with van der Waals surface area (Å²) >= 11 is 1.67. The molecule has 5 heteroatoms. The molecule has 0 bridgehead atoms. The van der Waals surface area contributed by atoms with Gasteiger partial charge in [-0.05, 0) is 61.7 Å². The van der Waals surface area contributed by atoms with E-state index in [9.17, 15) is 0 Å². The van der Waals surface area contributed by atoms with Crippen molar-refractivity contribution in [2.75, 3.05) is 12.4 Å². The normalized spacial score (nSPS) is 10.9. The molecule has 4 rings (SSSR count). The summed E-state index contributed by atoms with van der Waals surface area (Å²) in [4.78, 5) is 0. The second-order valence-electron chi connectivity index (χ2n) is 7.68. The first kappa shape index (κ1) is 21.2. The summed E-state index contributed by atoms with van der Waals surface area (Å²) in [5, 5.41) is 9.95. The van der Waals surface area contributed by atoms with Gasteiger partial charge in [0.15, 0.2) is 5.16 Å². The number of hydrogen-bond donors (Lipinski definition) is 0. The number of nitrogens with zero attached hydrogens (tertiary/aromatic N) is 3. The maximum atomic E-state index is 5.89. The minimum atomic E-state index is 0.613. The SMILES string of the molecule is Cc1ccc(OCCSc2nnc(Cc3ccccc3)n2-c2ccc(C)c(C)c2)cc1. The van der Waals surface area contributed by atoms with E-state index in [2.05, 4.69) is 90.1 Å². The van der Waals surface area contributed by atoms with Crippen LogP contribution in [0.2, 0.25) is 0 Å². The lowest BCUT2D eigenvalue weighted by atomic mass is 10.1. The van der Waals surface area contributed by atoms with Gasteiger partial charge < -0.3 is 4.74 Å². The number of aryl methyl sites for hydroxylation is 3. The Bertz CT molecular complexity index is 1140. The van der Waals surface area contributed by atoms with E-state index >= 15 is 0 Å². The van der Waals surface area contributed by atoms with Crippen molar-refractivity contribution in [2.24, 2.45) is 0 Å². The molecule has 0 aliphatic heterocycles. The molecule has 31 heavy (non-hydrogen) atoms. The van der Waals surface area contributed by atoms with E-state index in [1.165, 1.54) is 22.3 Å². The molecule has 0 radical (unpaired) electrons.